The van der Waals surface area contributed by atoms with Gasteiger partial charge in [0.25, 0.3) is 0 Å². The van der Waals surface area contributed by atoms with Crippen molar-refractivity contribution < 1.29 is 19.1 Å². The Balaban J connectivity index is 3.32. The first kappa shape index (κ1) is 15.8. The lowest BCUT2D eigenvalue weighted by atomic mass is 10.1. The monoisotopic (exact) mass is 281 g/mol. The van der Waals surface area contributed by atoms with Gasteiger partial charge in [-0.3, -0.25) is 10.1 Å². The van der Waals surface area contributed by atoms with Gasteiger partial charge in [-0.1, -0.05) is 0 Å². The Hall–Kier alpha value is -2.24. The summed E-state index contributed by atoms with van der Waals surface area (Å²) in [5.74, 6) is 1.60. The molecule has 6 heteroatoms. The largest absolute Gasteiger partial charge is 0.496 e. The van der Waals surface area contributed by atoms with Crippen molar-refractivity contribution in [3.63, 3.8) is 0 Å². The van der Waals surface area contributed by atoms with Crippen LogP contribution in [0.15, 0.2) is 17.8 Å². The molecule has 0 saturated carbocycles. The van der Waals surface area contributed by atoms with E-state index in [9.17, 15) is 10.1 Å². The zero-order valence-corrected chi connectivity index (χ0v) is 12.1. The molecule has 0 aliphatic rings. The first-order valence-electron chi connectivity index (χ1n) is 6.33. The van der Waals surface area contributed by atoms with Gasteiger partial charge in [-0.25, -0.2) is 0 Å². The average Bonchev–Trinajstić information content (AvgIpc) is 2.41. The van der Waals surface area contributed by atoms with Crippen molar-refractivity contribution in [2.75, 3.05) is 20.3 Å². The molecule has 1 aromatic rings. The van der Waals surface area contributed by atoms with Gasteiger partial charge in [-0.15, -0.1) is 0 Å². The van der Waals surface area contributed by atoms with Gasteiger partial charge < -0.3 is 14.2 Å². The van der Waals surface area contributed by atoms with E-state index in [1.54, 1.807) is 12.1 Å². The number of ether oxygens (including phenoxy) is 3. The van der Waals surface area contributed by atoms with Crippen LogP contribution in [0.3, 0.4) is 0 Å². The number of methoxy groups -OCH3 is 1. The van der Waals surface area contributed by atoms with E-state index in [1.807, 2.05) is 13.8 Å². The van der Waals surface area contributed by atoms with Crippen LogP contribution in [0.2, 0.25) is 0 Å². The fourth-order valence-electron chi connectivity index (χ4n) is 1.66. The van der Waals surface area contributed by atoms with E-state index >= 15 is 0 Å². The zero-order valence-electron chi connectivity index (χ0n) is 12.1. The predicted octanol–water partition coefficient (Wildman–Crippen LogP) is 3.13. The van der Waals surface area contributed by atoms with Crippen molar-refractivity contribution in [1.82, 2.24) is 0 Å². The number of benzene rings is 1. The van der Waals surface area contributed by atoms with E-state index in [2.05, 4.69) is 0 Å². The van der Waals surface area contributed by atoms with Crippen molar-refractivity contribution >= 4 is 6.08 Å². The third kappa shape index (κ3) is 3.88. The fourth-order valence-corrected chi connectivity index (χ4v) is 1.66. The van der Waals surface area contributed by atoms with Gasteiger partial charge >= 0.3 is 0 Å². The molecule has 20 heavy (non-hydrogen) atoms. The highest BCUT2D eigenvalue weighted by Crippen LogP contribution is 2.36. The molecule has 0 fully saturated rings. The Morgan fingerprint density at radius 2 is 1.75 bits per heavy atom. The van der Waals surface area contributed by atoms with Crippen LogP contribution >= 0.6 is 0 Å². The third-order valence-corrected chi connectivity index (χ3v) is 2.55. The van der Waals surface area contributed by atoms with E-state index in [0.717, 1.165) is 0 Å². The summed E-state index contributed by atoms with van der Waals surface area (Å²) in [5, 5.41) is 10.7. The van der Waals surface area contributed by atoms with Gasteiger partial charge in [0.15, 0.2) is 11.5 Å². The summed E-state index contributed by atoms with van der Waals surface area (Å²) in [6.45, 7) is 6.12. The van der Waals surface area contributed by atoms with Crippen molar-refractivity contribution in [3.05, 3.63) is 33.5 Å². The lowest BCUT2D eigenvalue weighted by molar-refractivity contribution is -0.422. The maximum Gasteiger partial charge on any atom is 0.243 e. The highest BCUT2D eigenvalue weighted by molar-refractivity contribution is 5.64. The van der Waals surface area contributed by atoms with Crippen molar-refractivity contribution in [3.8, 4) is 17.2 Å². The first-order chi connectivity index (χ1) is 9.53. The van der Waals surface area contributed by atoms with Gasteiger partial charge in [0.1, 0.15) is 5.75 Å². The molecule has 1 rings (SSSR count). The van der Waals surface area contributed by atoms with E-state index < -0.39 is 4.92 Å². The molecule has 0 aromatic heterocycles. The van der Waals surface area contributed by atoms with Crippen molar-refractivity contribution in [2.24, 2.45) is 0 Å². The summed E-state index contributed by atoms with van der Waals surface area (Å²) in [5.41, 5.74) is 0.600. The third-order valence-electron chi connectivity index (χ3n) is 2.55. The lowest BCUT2D eigenvalue weighted by Crippen LogP contribution is -2.01. The number of rotatable bonds is 7. The summed E-state index contributed by atoms with van der Waals surface area (Å²) in [6.07, 6.45) is 1.44. The van der Waals surface area contributed by atoms with Crippen LogP contribution < -0.4 is 14.2 Å². The molecule has 0 aliphatic heterocycles. The molecular weight excluding hydrogens is 262 g/mol. The second-order valence-electron chi connectivity index (χ2n) is 3.95. The molecule has 0 amide bonds. The smallest absolute Gasteiger partial charge is 0.243 e. The van der Waals surface area contributed by atoms with E-state index in [1.165, 1.54) is 20.1 Å². The molecule has 0 radical (unpaired) electrons. The standard InChI is InChI=1S/C14H19NO5/c1-5-19-13-8-11(7-10(3)15(16)17)12(18-4)9-14(13)20-6-2/h7-9H,5-6H2,1-4H3/b10-7+. The number of hydrogen-bond donors (Lipinski definition) is 0. The SMILES string of the molecule is CCOc1cc(/C=C(\C)[N+](=O)[O-])c(OC)cc1OCC. The summed E-state index contributed by atoms with van der Waals surface area (Å²) in [6, 6.07) is 3.36. The summed E-state index contributed by atoms with van der Waals surface area (Å²) in [4.78, 5) is 10.3. The summed E-state index contributed by atoms with van der Waals surface area (Å²) < 4.78 is 16.2. The van der Waals surface area contributed by atoms with Crippen LogP contribution in [0.5, 0.6) is 17.2 Å². The average molecular weight is 281 g/mol. The van der Waals surface area contributed by atoms with Crippen LogP contribution in [-0.2, 0) is 0 Å². The first-order valence-corrected chi connectivity index (χ1v) is 6.33. The lowest BCUT2D eigenvalue weighted by Gasteiger charge is -2.14. The molecule has 0 aliphatic carbocycles. The maximum absolute atomic E-state index is 10.7. The minimum atomic E-state index is -0.448. The minimum absolute atomic E-state index is 0.0231. The van der Waals surface area contributed by atoms with Gasteiger partial charge in [-0.05, 0) is 19.9 Å². The normalized spacial score (nSPS) is 11.1. The molecule has 110 valence electrons. The molecule has 0 N–H and O–H groups in total. The minimum Gasteiger partial charge on any atom is -0.496 e. The second-order valence-corrected chi connectivity index (χ2v) is 3.95. The van der Waals surface area contributed by atoms with Gasteiger partial charge in [0, 0.05) is 24.6 Å². The molecule has 0 unspecified atom stereocenters. The highest BCUT2D eigenvalue weighted by atomic mass is 16.6. The molecule has 6 nitrogen and oxygen atoms in total. The predicted molar refractivity (Wildman–Crippen MR) is 76.0 cm³/mol. The summed E-state index contributed by atoms with van der Waals surface area (Å²) in [7, 11) is 1.50. The molecule has 0 bridgehead atoms. The van der Waals surface area contributed by atoms with Crippen LogP contribution in [-0.4, -0.2) is 25.2 Å². The van der Waals surface area contributed by atoms with Gasteiger partial charge in [-0.2, -0.15) is 0 Å². The van der Waals surface area contributed by atoms with Crippen LogP contribution in [0.4, 0.5) is 0 Å². The Bertz CT molecular complexity index is 511. The van der Waals surface area contributed by atoms with E-state index in [4.69, 9.17) is 14.2 Å². The summed E-state index contributed by atoms with van der Waals surface area (Å²) >= 11 is 0. The molecule has 0 atom stereocenters. The van der Waals surface area contributed by atoms with E-state index in [0.29, 0.717) is 36.0 Å². The molecule has 0 saturated heterocycles. The number of nitro groups is 1. The quantitative estimate of drug-likeness (QED) is 0.567. The second kappa shape index (κ2) is 7.37. The van der Waals surface area contributed by atoms with Crippen molar-refractivity contribution in [1.29, 1.82) is 0 Å². The Labute approximate surface area is 118 Å². The number of hydrogen-bond acceptors (Lipinski definition) is 5. The van der Waals surface area contributed by atoms with Crippen LogP contribution in [0.25, 0.3) is 6.08 Å². The van der Waals surface area contributed by atoms with Crippen LogP contribution in [0.1, 0.15) is 26.3 Å². The Morgan fingerprint density at radius 3 is 2.20 bits per heavy atom. The maximum atomic E-state index is 10.7. The number of allylic oxidation sites excluding steroid dienone is 1. The molecular formula is C14H19NO5. The van der Waals surface area contributed by atoms with Crippen molar-refractivity contribution in [2.45, 2.75) is 20.8 Å². The molecule has 0 heterocycles. The fraction of sp³-hybridized carbons (Fsp3) is 0.429. The van der Waals surface area contributed by atoms with Gasteiger partial charge in [0.2, 0.25) is 5.70 Å². The highest BCUT2D eigenvalue weighted by Gasteiger charge is 2.13. The Kier molecular flexibility index (Phi) is 5.83. The van der Waals surface area contributed by atoms with Gasteiger partial charge in [0.05, 0.1) is 25.2 Å². The van der Waals surface area contributed by atoms with E-state index in [-0.39, 0.29) is 5.70 Å². The molecule has 1 aromatic carbocycles. The molecule has 0 spiro atoms. The van der Waals surface area contributed by atoms with Crippen LogP contribution in [0, 0.1) is 10.1 Å². The topological polar surface area (TPSA) is 70.8 Å². The number of nitrogens with zero attached hydrogens (tertiary/aromatic N) is 1. The zero-order chi connectivity index (χ0) is 15.1. The Morgan fingerprint density at radius 1 is 1.20 bits per heavy atom.